The maximum absolute atomic E-state index is 11.8. The van der Waals surface area contributed by atoms with Gasteiger partial charge < -0.3 is 20.2 Å². The standard InChI is InChI=1S/C13H20N4O3/c1-16-5-7-17(8-6-16)10-11(9-14)13(20)15-4-2-3-12(18)19/h10H,2-8H2,1H3,(H,15,20)(H,18,19)/b11-10-. The number of carboxylic acids is 1. The summed E-state index contributed by atoms with van der Waals surface area (Å²) in [6.45, 7) is 3.62. The zero-order valence-corrected chi connectivity index (χ0v) is 11.6. The lowest BCUT2D eigenvalue weighted by atomic mass is 10.2. The van der Waals surface area contributed by atoms with E-state index in [-0.39, 0.29) is 18.5 Å². The van der Waals surface area contributed by atoms with Gasteiger partial charge in [0.15, 0.2) is 0 Å². The van der Waals surface area contributed by atoms with E-state index in [2.05, 4.69) is 10.2 Å². The fourth-order valence-electron chi connectivity index (χ4n) is 1.81. The number of rotatable bonds is 6. The van der Waals surface area contributed by atoms with Crippen LogP contribution in [0.3, 0.4) is 0 Å². The molecule has 1 aliphatic heterocycles. The normalized spacial score (nSPS) is 16.6. The second kappa shape index (κ2) is 8.17. The Labute approximate surface area is 118 Å². The molecule has 0 spiro atoms. The number of piperazine rings is 1. The van der Waals surface area contributed by atoms with Gasteiger partial charge in [-0.05, 0) is 13.5 Å². The molecule has 1 aliphatic rings. The number of carboxylic acid groups (broad SMARTS) is 1. The van der Waals surface area contributed by atoms with Crippen LogP contribution in [0.2, 0.25) is 0 Å². The van der Waals surface area contributed by atoms with Crippen molar-refractivity contribution >= 4 is 11.9 Å². The monoisotopic (exact) mass is 280 g/mol. The molecule has 0 saturated carbocycles. The molecule has 20 heavy (non-hydrogen) atoms. The molecule has 2 N–H and O–H groups in total. The molecule has 0 aromatic rings. The van der Waals surface area contributed by atoms with E-state index >= 15 is 0 Å². The quantitative estimate of drug-likeness (QED) is 0.391. The van der Waals surface area contributed by atoms with Crippen LogP contribution in [0.1, 0.15) is 12.8 Å². The van der Waals surface area contributed by atoms with Gasteiger partial charge in [0.2, 0.25) is 0 Å². The van der Waals surface area contributed by atoms with Crippen molar-refractivity contribution in [2.45, 2.75) is 12.8 Å². The number of aliphatic carboxylic acids is 1. The van der Waals surface area contributed by atoms with E-state index in [0.717, 1.165) is 26.2 Å². The van der Waals surface area contributed by atoms with E-state index in [0.29, 0.717) is 6.42 Å². The van der Waals surface area contributed by atoms with Crippen molar-refractivity contribution in [1.29, 1.82) is 5.26 Å². The van der Waals surface area contributed by atoms with Crippen molar-refractivity contribution in [1.82, 2.24) is 15.1 Å². The van der Waals surface area contributed by atoms with Crippen molar-refractivity contribution in [3.63, 3.8) is 0 Å². The van der Waals surface area contributed by atoms with E-state index in [1.54, 1.807) is 6.20 Å². The summed E-state index contributed by atoms with van der Waals surface area (Å²) in [6.07, 6.45) is 1.94. The summed E-state index contributed by atoms with van der Waals surface area (Å²) >= 11 is 0. The number of amides is 1. The van der Waals surface area contributed by atoms with Crippen molar-refractivity contribution in [2.24, 2.45) is 0 Å². The first-order chi connectivity index (χ1) is 9.52. The van der Waals surface area contributed by atoms with Gasteiger partial charge >= 0.3 is 5.97 Å². The van der Waals surface area contributed by atoms with E-state index in [4.69, 9.17) is 10.4 Å². The Morgan fingerprint density at radius 2 is 2.00 bits per heavy atom. The predicted molar refractivity (Wildman–Crippen MR) is 72.6 cm³/mol. The van der Waals surface area contributed by atoms with Crippen LogP contribution in [0.15, 0.2) is 11.8 Å². The highest BCUT2D eigenvalue weighted by atomic mass is 16.4. The number of nitrogens with zero attached hydrogens (tertiary/aromatic N) is 3. The number of nitriles is 1. The molecule has 1 heterocycles. The molecular formula is C13H20N4O3. The summed E-state index contributed by atoms with van der Waals surface area (Å²) in [6, 6.07) is 1.89. The number of likely N-dealkylation sites (N-methyl/N-ethyl adjacent to an activating group) is 1. The zero-order chi connectivity index (χ0) is 15.0. The Bertz CT molecular complexity index is 420. The van der Waals surface area contributed by atoms with Crippen molar-refractivity contribution in [2.75, 3.05) is 39.8 Å². The maximum atomic E-state index is 11.8. The lowest BCUT2D eigenvalue weighted by molar-refractivity contribution is -0.137. The Hall–Kier alpha value is -2.07. The maximum Gasteiger partial charge on any atom is 0.303 e. The predicted octanol–water partition coefficient (Wildman–Crippen LogP) is -0.378. The summed E-state index contributed by atoms with van der Waals surface area (Å²) in [5.74, 6) is -1.34. The molecule has 0 aromatic carbocycles. The topological polar surface area (TPSA) is 96.7 Å². The van der Waals surface area contributed by atoms with Crippen molar-refractivity contribution in [3.8, 4) is 6.07 Å². The third-order valence-electron chi connectivity index (χ3n) is 3.07. The first-order valence-electron chi connectivity index (χ1n) is 6.57. The molecule has 0 aromatic heterocycles. The number of hydrogen-bond donors (Lipinski definition) is 2. The molecule has 0 bridgehead atoms. The number of carbonyl (C=O) groups is 2. The second-order valence-electron chi connectivity index (χ2n) is 4.75. The highest BCUT2D eigenvalue weighted by Gasteiger charge is 2.14. The van der Waals surface area contributed by atoms with Gasteiger partial charge in [0.05, 0.1) is 0 Å². The summed E-state index contributed by atoms with van der Waals surface area (Å²) in [5, 5.41) is 20.1. The van der Waals surface area contributed by atoms with Crippen LogP contribution in [0.5, 0.6) is 0 Å². The van der Waals surface area contributed by atoms with Gasteiger partial charge in [0.25, 0.3) is 5.91 Å². The van der Waals surface area contributed by atoms with Gasteiger partial charge in [-0.25, -0.2) is 0 Å². The van der Waals surface area contributed by atoms with E-state index in [9.17, 15) is 9.59 Å². The highest BCUT2D eigenvalue weighted by molar-refractivity contribution is 5.97. The molecule has 110 valence electrons. The lowest BCUT2D eigenvalue weighted by Crippen LogP contribution is -2.42. The van der Waals surface area contributed by atoms with E-state index in [1.807, 2.05) is 18.0 Å². The zero-order valence-electron chi connectivity index (χ0n) is 11.6. The summed E-state index contributed by atoms with van der Waals surface area (Å²) in [4.78, 5) is 26.2. The van der Waals surface area contributed by atoms with Gasteiger partial charge in [-0.2, -0.15) is 5.26 Å². The first-order valence-corrected chi connectivity index (χ1v) is 6.57. The average molecular weight is 280 g/mol. The van der Waals surface area contributed by atoms with Crippen molar-refractivity contribution < 1.29 is 14.7 Å². The van der Waals surface area contributed by atoms with Gasteiger partial charge in [0, 0.05) is 45.3 Å². The van der Waals surface area contributed by atoms with Crippen LogP contribution in [-0.2, 0) is 9.59 Å². The molecule has 0 atom stereocenters. The summed E-state index contributed by atoms with van der Waals surface area (Å²) < 4.78 is 0. The molecule has 0 unspecified atom stereocenters. The lowest BCUT2D eigenvalue weighted by Gasteiger charge is -2.31. The Morgan fingerprint density at radius 3 is 2.55 bits per heavy atom. The molecular weight excluding hydrogens is 260 g/mol. The van der Waals surface area contributed by atoms with Crippen LogP contribution in [0.25, 0.3) is 0 Å². The van der Waals surface area contributed by atoms with Gasteiger partial charge in [-0.3, -0.25) is 9.59 Å². The molecule has 7 heteroatoms. The largest absolute Gasteiger partial charge is 0.481 e. The highest BCUT2D eigenvalue weighted by Crippen LogP contribution is 2.03. The van der Waals surface area contributed by atoms with Crippen LogP contribution in [0.4, 0.5) is 0 Å². The van der Waals surface area contributed by atoms with Crippen LogP contribution >= 0.6 is 0 Å². The molecule has 1 saturated heterocycles. The molecule has 1 amide bonds. The smallest absolute Gasteiger partial charge is 0.303 e. The van der Waals surface area contributed by atoms with Crippen LogP contribution in [-0.4, -0.2) is 66.6 Å². The average Bonchev–Trinajstić information content (AvgIpc) is 2.42. The fraction of sp³-hybridized carbons (Fsp3) is 0.615. The Kier molecular flexibility index (Phi) is 6.53. The Balaban J connectivity index is 2.42. The van der Waals surface area contributed by atoms with Gasteiger partial charge in [-0.1, -0.05) is 0 Å². The minimum atomic E-state index is -0.896. The third kappa shape index (κ3) is 5.71. The SMILES string of the molecule is CN1CCN(/C=C(/C#N)C(=O)NCCCC(=O)O)CC1. The minimum Gasteiger partial charge on any atom is -0.481 e. The molecule has 0 aliphatic carbocycles. The fourth-order valence-corrected chi connectivity index (χ4v) is 1.81. The minimum absolute atomic E-state index is 0.00431. The van der Waals surface area contributed by atoms with Crippen LogP contribution in [0, 0.1) is 11.3 Å². The number of carbonyl (C=O) groups excluding carboxylic acids is 1. The van der Waals surface area contributed by atoms with Gasteiger partial charge in [0.1, 0.15) is 11.6 Å². The second-order valence-corrected chi connectivity index (χ2v) is 4.75. The number of nitrogens with one attached hydrogen (secondary N) is 1. The molecule has 7 nitrogen and oxygen atoms in total. The van der Waals surface area contributed by atoms with Crippen LogP contribution < -0.4 is 5.32 Å². The first kappa shape index (κ1) is 16.0. The summed E-state index contributed by atoms with van der Waals surface area (Å²) in [5.41, 5.74) is 0.0601. The Morgan fingerprint density at radius 1 is 1.35 bits per heavy atom. The van der Waals surface area contributed by atoms with E-state index < -0.39 is 11.9 Å². The third-order valence-corrected chi connectivity index (χ3v) is 3.07. The molecule has 0 radical (unpaired) electrons. The molecule has 1 rings (SSSR count). The number of hydrogen-bond acceptors (Lipinski definition) is 5. The molecule has 1 fully saturated rings. The van der Waals surface area contributed by atoms with Crippen molar-refractivity contribution in [3.05, 3.63) is 11.8 Å². The summed E-state index contributed by atoms with van der Waals surface area (Å²) in [7, 11) is 2.03. The van der Waals surface area contributed by atoms with E-state index in [1.165, 1.54) is 0 Å². The van der Waals surface area contributed by atoms with Gasteiger partial charge in [-0.15, -0.1) is 0 Å².